The van der Waals surface area contributed by atoms with Crippen molar-refractivity contribution >= 4 is 0 Å². The van der Waals surface area contributed by atoms with E-state index in [1.165, 1.54) is 19.3 Å². The molecule has 1 aromatic carbocycles. The largest absolute Gasteiger partial charge is 0.395 e. The summed E-state index contributed by atoms with van der Waals surface area (Å²) in [7, 11) is 0. The molecule has 1 atom stereocenters. The molecule has 1 aliphatic heterocycles. The summed E-state index contributed by atoms with van der Waals surface area (Å²) < 4.78 is 0. The van der Waals surface area contributed by atoms with Crippen LogP contribution >= 0.6 is 0 Å². The van der Waals surface area contributed by atoms with Gasteiger partial charge in [-0.3, -0.25) is 4.90 Å². The lowest BCUT2D eigenvalue weighted by Crippen LogP contribution is -2.36. The van der Waals surface area contributed by atoms with Crippen LogP contribution in [0.4, 0.5) is 0 Å². The Balaban J connectivity index is 2.07. The van der Waals surface area contributed by atoms with E-state index < -0.39 is 0 Å². The summed E-state index contributed by atoms with van der Waals surface area (Å²) in [5.74, 6) is 0. The van der Waals surface area contributed by atoms with Crippen molar-refractivity contribution in [3.05, 3.63) is 35.4 Å². The normalized spacial score (nSPS) is 21.2. The molecule has 18 heavy (non-hydrogen) atoms. The monoisotopic (exact) mass is 244 g/mol. The molecule has 96 valence electrons. The SMILES string of the molecule is N#Cc1cccc(CN2CCCCC[C@H]2CO)c1. The first-order valence-corrected chi connectivity index (χ1v) is 6.67. The van der Waals surface area contributed by atoms with Crippen LogP contribution in [0.3, 0.4) is 0 Å². The molecule has 0 spiro atoms. The number of hydrogen-bond acceptors (Lipinski definition) is 3. The van der Waals surface area contributed by atoms with E-state index in [1.807, 2.05) is 18.2 Å². The molecule has 2 rings (SSSR count). The van der Waals surface area contributed by atoms with Gasteiger partial charge in [0.15, 0.2) is 0 Å². The van der Waals surface area contributed by atoms with Gasteiger partial charge in [-0.15, -0.1) is 0 Å². The van der Waals surface area contributed by atoms with Gasteiger partial charge in [0.1, 0.15) is 0 Å². The number of nitrogens with zero attached hydrogens (tertiary/aromatic N) is 2. The second kappa shape index (κ2) is 6.53. The molecule has 3 heteroatoms. The number of rotatable bonds is 3. The third kappa shape index (κ3) is 3.32. The molecule has 1 saturated heterocycles. The third-order valence-electron chi connectivity index (χ3n) is 3.65. The quantitative estimate of drug-likeness (QED) is 0.887. The van der Waals surface area contributed by atoms with E-state index in [9.17, 15) is 5.11 Å². The molecule has 1 N–H and O–H groups in total. The van der Waals surface area contributed by atoms with E-state index in [2.05, 4.69) is 17.0 Å². The Bertz CT molecular complexity index is 425. The highest BCUT2D eigenvalue weighted by molar-refractivity contribution is 5.32. The number of likely N-dealkylation sites (tertiary alicyclic amines) is 1. The summed E-state index contributed by atoms with van der Waals surface area (Å²) in [6, 6.07) is 10.2. The Labute approximate surface area is 109 Å². The van der Waals surface area contributed by atoms with E-state index in [4.69, 9.17) is 5.26 Å². The molecule has 1 fully saturated rings. The average molecular weight is 244 g/mol. The summed E-state index contributed by atoms with van der Waals surface area (Å²) >= 11 is 0. The molecule has 1 aliphatic rings. The molecular weight excluding hydrogens is 224 g/mol. The Kier molecular flexibility index (Phi) is 4.74. The first kappa shape index (κ1) is 13.1. The van der Waals surface area contributed by atoms with Crippen molar-refractivity contribution in [2.24, 2.45) is 0 Å². The van der Waals surface area contributed by atoms with Crippen LogP contribution in [-0.4, -0.2) is 29.2 Å². The van der Waals surface area contributed by atoms with Crippen LogP contribution in [0.5, 0.6) is 0 Å². The summed E-state index contributed by atoms with van der Waals surface area (Å²) in [5, 5.41) is 18.4. The van der Waals surface area contributed by atoms with Crippen molar-refractivity contribution in [3.63, 3.8) is 0 Å². The maximum atomic E-state index is 9.47. The van der Waals surface area contributed by atoms with Crippen molar-refractivity contribution in [1.82, 2.24) is 4.90 Å². The van der Waals surface area contributed by atoms with Crippen molar-refractivity contribution in [2.45, 2.75) is 38.3 Å². The number of aliphatic hydroxyl groups is 1. The zero-order valence-electron chi connectivity index (χ0n) is 10.7. The second-order valence-corrected chi connectivity index (χ2v) is 4.97. The van der Waals surface area contributed by atoms with Crippen LogP contribution in [0.1, 0.15) is 36.8 Å². The highest BCUT2D eigenvalue weighted by atomic mass is 16.3. The Morgan fingerprint density at radius 2 is 2.22 bits per heavy atom. The maximum Gasteiger partial charge on any atom is 0.0991 e. The van der Waals surface area contributed by atoms with Gasteiger partial charge in [0.25, 0.3) is 0 Å². The average Bonchev–Trinajstić information content (AvgIpc) is 2.64. The Morgan fingerprint density at radius 1 is 1.33 bits per heavy atom. The van der Waals surface area contributed by atoms with Crippen LogP contribution in [0.15, 0.2) is 24.3 Å². The molecule has 0 amide bonds. The highest BCUT2D eigenvalue weighted by Crippen LogP contribution is 2.19. The Morgan fingerprint density at radius 3 is 3.00 bits per heavy atom. The zero-order chi connectivity index (χ0) is 12.8. The number of hydrogen-bond donors (Lipinski definition) is 1. The minimum atomic E-state index is 0.234. The first-order chi connectivity index (χ1) is 8.83. The van der Waals surface area contributed by atoms with Crippen LogP contribution in [0.2, 0.25) is 0 Å². The first-order valence-electron chi connectivity index (χ1n) is 6.67. The van der Waals surface area contributed by atoms with Crippen molar-refractivity contribution in [3.8, 4) is 6.07 Å². The number of aliphatic hydroxyl groups excluding tert-OH is 1. The lowest BCUT2D eigenvalue weighted by atomic mass is 10.1. The molecular formula is C15H20N2O. The van der Waals surface area contributed by atoms with Gasteiger partial charge < -0.3 is 5.11 Å². The highest BCUT2D eigenvalue weighted by Gasteiger charge is 2.20. The van der Waals surface area contributed by atoms with Crippen molar-refractivity contribution < 1.29 is 5.11 Å². The van der Waals surface area contributed by atoms with Crippen LogP contribution in [-0.2, 0) is 6.54 Å². The van der Waals surface area contributed by atoms with E-state index >= 15 is 0 Å². The molecule has 0 bridgehead atoms. The van der Waals surface area contributed by atoms with Gasteiger partial charge in [-0.2, -0.15) is 5.26 Å². The van der Waals surface area contributed by atoms with Crippen LogP contribution < -0.4 is 0 Å². The summed E-state index contributed by atoms with van der Waals surface area (Å²) in [6.45, 7) is 2.11. The van der Waals surface area contributed by atoms with Gasteiger partial charge in [-0.25, -0.2) is 0 Å². The lowest BCUT2D eigenvalue weighted by Gasteiger charge is -2.28. The summed E-state index contributed by atoms with van der Waals surface area (Å²) in [6.07, 6.45) is 4.74. The van der Waals surface area contributed by atoms with Crippen molar-refractivity contribution in [1.29, 1.82) is 5.26 Å². The van der Waals surface area contributed by atoms with Crippen LogP contribution in [0.25, 0.3) is 0 Å². The molecule has 3 nitrogen and oxygen atoms in total. The van der Waals surface area contributed by atoms with Gasteiger partial charge in [-0.1, -0.05) is 25.0 Å². The van der Waals surface area contributed by atoms with Gasteiger partial charge >= 0.3 is 0 Å². The standard InChI is InChI=1S/C15H20N2O/c16-10-13-5-4-6-14(9-13)11-17-8-3-1-2-7-15(17)12-18/h4-6,9,15,18H,1-3,7-8,11-12H2/t15-/m0/s1. The zero-order valence-corrected chi connectivity index (χ0v) is 10.7. The molecule has 0 radical (unpaired) electrons. The van der Waals surface area contributed by atoms with Gasteiger partial charge in [0.05, 0.1) is 18.2 Å². The number of benzene rings is 1. The number of nitriles is 1. The smallest absolute Gasteiger partial charge is 0.0991 e. The molecule has 0 aromatic heterocycles. The maximum absolute atomic E-state index is 9.47. The van der Waals surface area contributed by atoms with E-state index in [0.717, 1.165) is 25.1 Å². The molecule has 1 heterocycles. The van der Waals surface area contributed by atoms with Gasteiger partial charge in [-0.05, 0) is 37.1 Å². The van der Waals surface area contributed by atoms with Crippen LogP contribution in [0, 0.1) is 11.3 Å². The lowest BCUT2D eigenvalue weighted by molar-refractivity contribution is 0.118. The topological polar surface area (TPSA) is 47.3 Å². The minimum Gasteiger partial charge on any atom is -0.395 e. The Hall–Kier alpha value is -1.37. The third-order valence-corrected chi connectivity index (χ3v) is 3.65. The van der Waals surface area contributed by atoms with Gasteiger partial charge in [0.2, 0.25) is 0 Å². The predicted molar refractivity (Wildman–Crippen MR) is 70.9 cm³/mol. The van der Waals surface area contributed by atoms with E-state index in [0.29, 0.717) is 5.56 Å². The molecule has 1 aromatic rings. The predicted octanol–water partition coefficient (Wildman–Crippen LogP) is 2.30. The minimum absolute atomic E-state index is 0.234. The molecule has 0 aliphatic carbocycles. The van der Waals surface area contributed by atoms with E-state index in [-0.39, 0.29) is 12.6 Å². The fourth-order valence-corrected chi connectivity index (χ4v) is 2.63. The fourth-order valence-electron chi connectivity index (χ4n) is 2.63. The molecule has 0 saturated carbocycles. The second-order valence-electron chi connectivity index (χ2n) is 4.97. The fraction of sp³-hybridized carbons (Fsp3) is 0.533. The molecule has 0 unspecified atom stereocenters. The van der Waals surface area contributed by atoms with E-state index in [1.54, 1.807) is 0 Å². The van der Waals surface area contributed by atoms with Gasteiger partial charge in [0, 0.05) is 12.6 Å². The summed E-state index contributed by atoms with van der Waals surface area (Å²) in [5.41, 5.74) is 1.87. The van der Waals surface area contributed by atoms with Crippen molar-refractivity contribution in [2.75, 3.05) is 13.2 Å². The summed E-state index contributed by atoms with van der Waals surface area (Å²) in [4.78, 5) is 2.35.